The van der Waals surface area contributed by atoms with Crippen LogP contribution in [0.2, 0.25) is 0 Å². The molecule has 1 aliphatic rings. The van der Waals surface area contributed by atoms with Crippen molar-refractivity contribution < 1.29 is 9.18 Å². The Labute approximate surface area is 120 Å². The molecule has 1 amide bonds. The summed E-state index contributed by atoms with van der Waals surface area (Å²) in [7, 11) is 0. The van der Waals surface area contributed by atoms with Crippen molar-refractivity contribution in [2.24, 2.45) is 0 Å². The lowest BCUT2D eigenvalue weighted by molar-refractivity contribution is 0.0947. The smallest absolute Gasteiger partial charge is 0.254 e. The van der Waals surface area contributed by atoms with Gasteiger partial charge >= 0.3 is 0 Å². The second-order valence-corrected chi connectivity index (χ2v) is 5.45. The highest BCUT2D eigenvalue weighted by Crippen LogP contribution is 2.12. The van der Waals surface area contributed by atoms with Gasteiger partial charge in [-0.15, -0.1) is 0 Å². The minimum absolute atomic E-state index is 0.142. The van der Waals surface area contributed by atoms with Gasteiger partial charge in [0.2, 0.25) is 0 Å². The summed E-state index contributed by atoms with van der Waals surface area (Å²) < 4.78 is 13.8. The van der Waals surface area contributed by atoms with Crippen LogP contribution in [0, 0.1) is 12.7 Å². The molecule has 4 heteroatoms. The largest absolute Gasteiger partial charge is 0.352 e. The number of amides is 1. The highest BCUT2D eigenvalue weighted by Gasteiger charge is 2.13. The third-order valence-corrected chi connectivity index (χ3v) is 3.82. The molecule has 20 heavy (non-hydrogen) atoms. The molecule has 1 fully saturated rings. The van der Waals surface area contributed by atoms with Crippen LogP contribution in [0.3, 0.4) is 0 Å². The van der Waals surface area contributed by atoms with Crippen molar-refractivity contribution >= 4 is 5.91 Å². The van der Waals surface area contributed by atoms with Crippen LogP contribution in [0.5, 0.6) is 0 Å². The van der Waals surface area contributed by atoms with Crippen molar-refractivity contribution in [3.05, 3.63) is 35.1 Å². The molecule has 1 aliphatic heterocycles. The van der Waals surface area contributed by atoms with E-state index in [1.807, 2.05) is 0 Å². The SMILES string of the molecule is Cc1cccc(C(=O)NCCCN2CCCCC2)c1F. The Morgan fingerprint density at radius 3 is 2.80 bits per heavy atom. The molecular formula is C16H23FN2O. The molecular weight excluding hydrogens is 255 g/mol. The van der Waals surface area contributed by atoms with E-state index in [-0.39, 0.29) is 11.5 Å². The summed E-state index contributed by atoms with van der Waals surface area (Å²) in [5, 5.41) is 2.80. The number of carbonyl (C=O) groups is 1. The zero-order valence-electron chi connectivity index (χ0n) is 12.1. The fraction of sp³-hybridized carbons (Fsp3) is 0.562. The van der Waals surface area contributed by atoms with Crippen molar-refractivity contribution in [3.63, 3.8) is 0 Å². The van der Waals surface area contributed by atoms with Gasteiger partial charge in [-0.05, 0) is 57.5 Å². The molecule has 1 saturated heterocycles. The normalized spacial score (nSPS) is 16.1. The first-order valence-corrected chi connectivity index (χ1v) is 7.44. The first kappa shape index (κ1) is 15.0. The van der Waals surface area contributed by atoms with Gasteiger partial charge in [-0.25, -0.2) is 4.39 Å². The lowest BCUT2D eigenvalue weighted by Crippen LogP contribution is -2.33. The van der Waals surface area contributed by atoms with E-state index < -0.39 is 5.82 Å². The zero-order chi connectivity index (χ0) is 14.4. The molecule has 0 radical (unpaired) electrons. The minimum Gasteiger partial charge on any atom is -0.352 e. The second-order valence-electron chi connectivity index (χ2n) is 5.45. The maximum Gasteiger partial charge on any atom is 0.254 e. The van der Waals surface area contributed by atoms with E-state index in [0.29, 0.717) is 12.1 Å². The molecule has 0 atom stereocenters. The Morgan fingerprint density at radius 2 is 2.05 bits per heavy atom. The molecule has 1 aromatic carbocycles. The van der Waals surface area contributed by atoms with Gasteiger partial charge in [-0.3, -0.25) is 4.79 Å². The van der Waals surface area contributed by atoms with Gasteiger partial charge in [0, 0.05) is 6.54 Å². The Balaban J connectivity index is 1.73. The topological polar surface area (TPSA) is 32.3 Å². The summed E-state index contributed by atoms with van der Waals surface area (Å²) in [6.45, 7) is 5.61. The Hall–Kier alpha value is -1.42. The first-order chi connectivity index (χ1) is 9.68. The van der Waals surface area contributed by atoms with Crippen LogP contribution in [0.4, 0.5) is 4.39 Å². The third kappa shape index (κ3) is 4.04. The summed E-state index contributed by atoms with van der Waals surface area (Å²) in [5.41, 5.74) is 0.647. The predicted molar refractivity (Wildman–Crippen MR) is 78.4 cm³/mol. The molecule has 0 saturated carbocycles. The van der Waals surface area contributed by atoms with Gasteiger partial charge in [0.25, 0.3) is 5.91 Å². The highest BCUT2D eigenvalue weighted by molar-refractivity contribution is 5.94. The molecule has 0 bridgehead atoms. The van der Waals surface area contributed by atoms with Crippen LogP contribution in [0.1, 0.15) is 41.6 Å². The summed E-state index contributed by atoms with van der Waals surface area (Å²) in [6.07, 6.45) is 4.81. The number of nitrogens with one attached hydrogen (secondary N) is 1. The van der Waals surface area contributed by atoms with E-state index in [4.69, 9.17) is 0 Å². The first-order valence-electron chi connectivity index (χ1n) is 7.44. The number of hydrogen-bond donors (Lipinski definition) is 1. The van der Waals surface area contributed by atoms with Gasteiger partial charge in [0.05, 0.1) is 5.56 Å². The third-order valence-electron chi connectivity index (χ3n) is 3.82. The Morgan fingerprint density at radius 1 is 1.30 bits per heavy atom. The number of aryl methyl sites for hydroxylation is 1. The van der Waals surface area contributed by atoms with Gasteiger partial charge in [0.15, 0.2) is 0 Å². The van der Waals surface area contributed by atoms with Crippen LogP contribution < -0.4 is 5.32 Å². The average molecular weight is 278 g/mol. The van der Waals surface area contributed by atoms with E-state index >= 15 is 0 Å². The number of nitrogens with zero attached hydrogens (tertiary/aromatic N) is 1. The molecule has 1 heterocycles. The average Bonchev–Trinajstić information content (AvgIpc) is 2.47. The quantitative estimate of drug-likeness (QED) is 0.840. The number of piperidine rings is 1. The van der Waals surface area contributed by atoms with Crippen molar-refractivity contribution in [2.75, 3.05) is 26.2 Å². The van der Waals surface area contributed by atoms with Crippen molar-refractivity contribution in [3.8, 4) is 0 Å². The number of carbonyl (C=O) groups excluding carboxylic acids is 1. The predicted octanol–water partition coefficient (Wildman–Crippen LogP) is 2.74. The molecule has 0 spiro atoms. The lowest BCUT2D eigenvalue weighted by Gasteiger charge is -2.26. The standard InChI is InChI=1S/C16H23FN2O/c1-13-7-5-8-14(15(13)17)16(20)18-9-6-12-19-10-3-2-4-11-19/h5,7-8H,2-4,6,9-12H2,1H3,(H,18,20). The monoisotopic (exact) mass is 278 g/mol. The fourth-order valence-corrected chi connectivity index (χ4v) is 2.61. The van der Waals surface area contributed by atoms with E-state index in [1.54, 1.807) is 19.1 Å². The Bertz CT molecular complexity index is 456. The number of hydrogen-bond acceptors (Lipinski definition) is 2. The molecule has 1 aromatic rings. The summed E-state index contributed by atoms with van der Waals surface area (Å²) in [6, 6.07) is 4.91. The van der Waals surface area contributed by atoms with E-state index in [1.165, 1.54) is 38.4 Å². The van der Waals surface area contributed by atoms with Crippen molar-refractivity contribution in [1.82, 2.24) is 10.2 Å². The van der Waals surface area contributed by atoms with Crippen LogP contribution in [-0.2, 0) is 0 Å². The van der Waals surface area contributed by atoms with Crippen LogP contribution >= 0.6 is 0 Å². The van der Waals surface area contributed by atoms with Gasteiger partial charge < -0.3 is 10.2 Å². The highest BCUT2D eigenvalue weighted by atomic mass is 19.1. The van der Waals surface area contributed by atoms with Gasteiger partial charge in [-0.2, -0.15) is 0 Å². The lowest BCUT2D eigenvalue weighted by atomic mass is 10.1. The Kier molecular flexibility index (Phi) is 5.53. The van der Waals surface area contributed by atoms with E-state index in [0.717, 1.165) is 13.0 Å². The summed E-state index contributed by atoms with van der Waals surface area (Å²) in [5.74, 6) is -0.731. The number of rotatable bonds is 5. The van der Waals surface area contributed by atoms with Crippen LogP contribution in [0.25, 0.3) is 0 Å². The van der Waals surface area contributed by atoms with E-state index in [2.05, 4.69) is 10.2 Å². The maximum atomic E-state index is 13.8. The molecule has 0 unspecified atom stereocenters. The molecule has 0 aliphatic carbocycles. The number of likely N-dealkylation sites (tertiary alicyclic amines) is 1. The molecule has 0 aromatic heterocycles. The fourth-order valence-electron chi connectivity index (χ4n) is 2.61. The zero-order valence-corrected chi connectivity index (χ0v) is 12.1. The molecule has 110 valence electrons. The van der Waals surface area contributed by atoms with E-state index in [9.17, 15) is 9.18 Å². The molecule has 3 nitrogen and oxygen atoms in total. The van der Waals surface area contributed by atoms with Crippen LogP contribution in [-0.4, -0.2) is 37.0 Å². The molecule has 1 N–H and O–H groups in total. The van der Waals surface area contributed by atoms with Gasteiger partial charge in [-0.1, -0.05) is 18.6 Å². The number of benzene rings is 1. The van der Waals surface area contributed by atoms with Crippen molar-refractivity contribution in [1.29, 1.82) is 0 Å². The molecule has 2 rings (SSSR count). The minimum atomic E-state index is -0.416. The van der Waals surface area contributed by atoms with Crippen molar-refractivity contribution in [2.45, 2.75) is 32.6 Å². The maximum absolute atomic E-state index is 13.8. The van der Waals surface area contributed by atoms with Gasteiger partial charge in [0.1, 0.15) is 5.82 Å². The second kappa shape index (κ2) is 7.39. The summed E-state index contributed by atoms with van der Waals surface area (Å²) >= 11 is 0. The van der Waals surface area contributed by atoms with Crippen LogP contribution in [0.15, 0.2) is 18.2 Å². The summed E-state index contributed by atoms with van der Waals surface area (Å²) in [4.78, 5) is 14.3. The number of halogens is 1.